The molecule has 0 aliphatic carbocycles. The van der Waals surface area contributed by atoms with Crippen molar-refractivity contribution in [2.45, 2.75) is 39.3 Å². The molecule has 2 aromatic heterocycles. The molecule has 7 nitrogen and oxygen atoms in total. The van der Waals surface area contributed by atoms with Gasteiger partial charge in [-0.3, -0.25) is 9.59 Å². The van der Waals surface area contributed by atoms with E-state index in [1.54, 1.807) is 12.3 Å². The summed E-state index contributed by atoms with van der Waals surface area (Å²) < 4.78 is 6.40. The van der Waals surface area contributed by atoms with Crippen molar-refractivity contribution in [3.63, 3.8) is 0 Å². The van der Waals surface area contributed by atoms with Crippen LogP contribution < -0.4 is 10.9 Å². The van der Waals surface area contributed by atoms with Crippen molar-refractivity contribution in [2.75, 3.05) is 0 Å². The molecule has 0 spiro atoms. The van der Waals surface area contributed by atoms with Crippen molar-refractivity contribution >= 4 is 5.91 Å². The van der Waals surface area contributed by atoms with E-state index in [2.05, 4.69) is 22.4 Å². The lowest BCUT2D eigenvalue weighted by Gasteiger charge is -2.13. The van der Waals surface area contributed by atoms with Crippen LogP contribution in [0, 0.1) is 0 Å². The van der Waals surface area contributed by atoms with Gasteiger partial charge < -0.3 is 14.3 Å². The quantitative estimate of drug-likeness (QED) is 0.863. The van der Waals surface area contributed by atoms with Crippen LogP contribution in [-0.2, 0) is 11.3 Å². The van der Waals surface area contributed by atoms with Crippen LogP contribution in [0.25, 0.3) is 11.5 Å². The van der Waals surface area contributed by atoms with Crippen molar-refractivity contribution in [3.05, 3.63) is 35.1 Å². The van der Waals surface area contributed by atoms with E-state index in [0.29, 0.717) is 11.5 Å². The molecule has 2 rings (SSSR count). The van der Waals surface area contributed by atoms with Gasteiger partial charge in [-0.2, -0.15) is 0 Å². The molecule has 7 heteroatoms. The molecule has 21 heavy (non-hydrogen) atoms. The third kappa shape index (κ3) is 4.01. The van der Waals surface area contributed by atoms with E-state index < -0.39 is 0 Å². The molecule has 0 fully saturated rings. The second kappa shape index (κ2) is 6.83. The Labute approximate surface area is 122 Å². The summed E-state index contributed by atoms with van der Waals surface area (Å²) in [6.45, 7) is 3.97. The molecular formula is C14H18N4O3. The number of carbonyl (C=O) groups is 1. The number of hydrogen-bond acceptors (Lipinski definition) is 5. The second-order valence-corrected chi connectivity index (χ2v) is 4.89. The van der Waals surface area contributed by atoms with E-state index in [-0.39, 0.29) is 24.1 Å². The van der Waals surface area contributed by atoms with E-state index in [9.17, 15) is 9.59 Å². The average Bonchev–Trinajstić information content (AvgIpc) is 2.95. The van der Waals surface area contributed by atoms with Crippen LogP contribution in [0.5, 0.6) is 0 Å². The lowest BCUT2D eigenvalue weighted by atomic mass is 10.2. The third-order valence-corrected chi connectivity index (χ3v) is 3.03. The number of pyridine rings is 1. The topological polar surface area (TPSA) is 90.0 Å². The Balaban J connectivity index is 2.11. The molecule has 2 aromatic rings. The van der Waals surface area contributed by atoms with Gasteiger partial charge >= 0.3 is 0 Å². The molecule has 0 aliphatic rings. The number of carbonyl (C=O) groups excluding carboxylic acids is 1. The molecule has 0 saturated carbocycles. The normalized spacial score (nSPS) is 12.1. The highest BCUT2D eigenvalue weighted by molar-refractivity contribution is 5.76. The van der Waals surface area contributed by atoms with Crippen molar-refractivity contribution in [3.8, 4) is 11.5 Å². The van der Waals surface area contributed by atoms with Crippen LogP contribution in [0.3, 0.4) is 0 Å². The van der Waals surface area contributed by atoms with Gasteiger partial charge in [0.05, 0.1) is 5.56 Å². The molecule has 0 aromatic carbocycles. The molecule has 1 amide bonds. The van der Waals surface area contributed by atoms with Crippen LogP contribution in [0.2, 0.25) is 0 Å². The van der Waals surface area contributed by atoms with E-state index in [1.165, 1.54) is 17.0 Å². The molecule has 0 bridgehead atoms. The van der Waals surface area contributed by atoms with Gasteiger partial charge in [0.25, 0.3) is 5.56 Å². The summed E-state index contributed by atoms with van der Waals surface area (Å²) in [5, 5.41) is 10.2. The Morgan fingerprint density at radius 1 is 1.48 bits per heavy atom. The number of hydrogen-bond donors (Lipinski definition) is 1. The minimum atomic E-state index is -0.253. The largest absolute Gasteiger partial charge is 0.423 e. The van der Waals surface area contributed by atoms with Crippen molar-refractivity contribution in [1.82, 2.24) is 20.1 Å². The first-order chi connectivity index (χ1) is 10.1. The maximum absolute atomic E-state index is 11.9. The van der Waals surface area contributed by atoms with Gasteiger partial charge in [0.15, 0.2) is 0 Å². The summed E-state index contributed by atoms with van der Waals surface area (Å²) in [7, 11) is 0. The zero-order valence-electron chi connectivity index (χ0n) is 12.1. The number of nitrogens with zero attached hydrogens (tertiary/aromatic N) is 3. The monoisotopic (exact) mass is 290 g/mol. The molecule has 112 valence electrons. The van der Waals surface area contributed by atoms with Crippen LogP contribution in [0.15, 0.2) is 33.9 Å². The summed E-state index contributed by atoms with van der Waals surface area (Å²) in [4.78, 5) is 23.7. The van der Waals surface area contributed by atoms with Gasteiger partial charge in [0.1, 0.15) is 6.54 Å². The number of nitrogens with one attached hydrogen (secondary N) is 1. The summed E-state index contributed by atoms with van der Waals surface area (Å²) >= 11 is 0. The number of aromatic nitrogens is 3. The summed E-state index contributed by atoms with van der Waals surface area (Å²) in [6, 6.07) is 3.06. The molecule has 0 radical (unpaired) electrons. The molecule has 1 unspecified atom stereocenters. The van der Waals surface area contributed by atoms with E-state index >= 15 is 0 Å². The molecule has 2 heterocycles. The Hall–Kier alpha value is -2.44. The van der Waals surface area contributed by atoms with Gasteiger partial charge in [0.2, 0.25) is 18.2 Å². The summed E-state index contributed by atoms with van der Waals surface area (Å²) in [6.07, 6.45) is 4.65. The number of rotatable bonds is 6. The SMILES string of the molecule is CCCC(C)NC(=O)Cn1cc(-c2nnco2)ccc1=O. The molecular weight excluding hydrogens is 272 g/mol. The van der Waals surface area contributed by atoms with Crippen LogP contribution >= 0.6 is 0 Å². The molecule has 1 N–H and O–H groups in total. The van der Waals surface area contributed by atoms with Gasteiger partial charge in [0, 0.05) is 18.3 Å². The highest BCUT2D eigenvalue weighted by Gasteiger charge is 2.10. The van der Waals surface area contributed by atoms with Gasteiger partial charge in [-0.05, 0) is 19.4 Å². The second-order valence-electron chi connectivity index (χ2n) is 4.89. The Morgan fingerprint density at radius 2 is 2.29 bits per heavy atom. The van der Waals surface area contributed by atoms with Crippen LogP contribution in [0.1, 0.15) is 26.7 Å². The minimum absolute atomic E-state index is 0.0329. The van der Waals surface area contributed by atoms with E-state index in [0.717, 1.165) is 12.8 Å². The maximum Gasteiger partial charge on any atom is 0.251 e. The standard InChI is InChI=1S/C14H18N4O3/c1-3-4-10(2)16-12(19)8-18-7-11(5-6-13(18)20)14-17-15-9-21-14/h5-7,9-10H,3-4,8H2,1-2H3,(H,16,19). The van der Waals surface area contributed by atoms with Gasteiger partial charge in [-0.25, -0.2) is 0 Å². The van der Waals surface area contributed by atoms with Crippen LogP contribution in [0.4, 0.5) is 0 Å². The minimum Gasteiger partial charge on any atom is -0.423 e. The van der Waals surface area contributed by atoms with Gasteiger partial charge in [-0.15, -0.1) is 10.2 Å². The highest BCUT2D eigenvalue weighted by atomic mass is 16.4. The van der Waals surface area contributed by atoms with Crippen molar-refractivity contribution in [2.24, 2.45) is 0 Å². The van der Waals surface area contributed by atoms with Gasteiger partial charge in [-0.1, -0.05) is 13.3 Å². The predicted octanol–water partition coefficient (Wildman–Crippen LogP) is 1.20. The fourth-order valence-electron chi connectivity index (χ4n) is 2.06. The molecule has 0 saturated heterocycles. The molecule has 1 atom stereocenters. The average molecular weight is 290 g/mol. The van der Waals surface area contributed by atoms with Crippen LogP contribution in [-0.4, -0.2) is 26.7 Å². The Bertz CT molecular complexity index is 648. The lowest BCUT2D eigenvalue weighted by molar-refractivity contribution is -0.122. The number of amides is 1. The zero-order chi connectivity index (χ0) is 15.2. The van der Waals surface area contributed by atoms with E-state index in [1.807, 2.05) is 6.92 Å². The third-order valence-electron chi connectivity index (χ3n) is 3.03. The predicted molar refractivity (Wildman–Crippen MR) is 76.5 cm³/mol. The first-order valence-corrected chi connectivity index (χ1v) is 6.86. The first kappa shape index (κ1) is 15.0. The summed E-state index contributed by atoms with van der Waals surface area (Å²) in [5.74, 6) is 0.115. The van der Waals surface area contributed by atoms with E-state index in [4.69, 9.17) is 4.42 Å². The zero-order valence-corrected chi connectivity index (χ0v) is 12.1. The Kier molecular flexibility index (Phi) is 4.86. The van der Waals surface area contributed by atoms with Crippen molar-refractivity contribution in [1.29, 1.82) is 0 Å². The fourth-order valence-corrected chi connectivity index (χ4v) is 2.06. The highest BCUT2D eigenvalue weighted by Crippen LogP contribution is 2.13. The Morgan fingerprint density at radius 3 is 2.95 bits per heavy atom. The fraction of sp³-hybridized carbons (Fsp3) is 0.429. The smallest absolute Gasteiger partial charge is 0.251 e. The van der Waals surface area contributed by atoms with Crippen molar-refractivity contribution < 1.29 is 9.21 Å². The maximum atomic E-state index is 11.9. The molecule has 0 aliphatic heterocycles. The lowest BCUT2D eigenvalue weighted by Crippen LogP contribution is -2.37. The first-order valence-electron chi connectivity index (χ1n) is 6.86. The summed E-state index contributed by atoms with van der Waals surface area (Å²) in [5.41, 5.74) is 0.345.